The minimum Gasteiger partial charge on any atom is -0.302 e. The molecule has 2 aliphatic rings. The first-order valence-electron chi connectivity index (χ1n) is 7.28. The Bertz CT molecular complexity index is 342. The van der Waals surface area contributed by atoms with Crippen LogP contribution in [0, 0.1) is 5.92 Å². The number of nitrogens with zero attached hydrogens (tertiary/aromatic N) is 2. The summed E-state index contributed by atoms with van der Waals surface area (Å²) in [5.74, 6) is 1.11. The number of rotatable bonds is 4. The first-order chi connectivity index (χ1) is 8.58. The van der Waals surface area contributed by atoms with Crippen LogP contribution < -0.4 is 0 Å². The van der Waals surface area contributed by atoms with Crippen molar-refractivity contribution in [3.8, 4) is 0 Å². The molecule has 18 heavy (non-hydrogen) atoms. The molecule has 0 atom stereocenters. The monoisotopic (exact) mass is 274 g/mol. The molecule has 0 bridgehead atoms. The molecule has 0 radical (unpaired) electrons. The van der Waals surface area contributed by atoms with Gasteiger partial charge in [0, 0.05) is 19.6 Å². The molecule has 2 saturated heterocycles. The van der Waals surface area contributed by atoms with Crippen molar-refractivity contribution in [1.29, 1.82) is 0 Å². The van der Waals surface area contributed by atoms with Gasteiger partial charge >= 0.3 is 0 Å². The Balaban J connectivity index is 1.77. The Hall–Kier alpha value is -0.130. The van der Waals surface area contributed by atoms with Crippen LogP contribution in [0.15, 0.2) is 0 Å². The molecule has 2 fully saturated rings. The Morgan fingerprint density at radius 3 is 2.22 bits per heavy atom. The molecule has 5 heteroatoms. The molecule has 0 aromatic rings. The van der Waals surface area contributed by atoms with Crippen LogP contribution in [0.5, 0.6) is 0 Å². The zero-order chi connectivity index (χ0) is 13.0. The van der Waals surface area contributed by atoms with Gasteiger partial charge in [0.15, 0.2) is 0 Å². The highest BCUT2D eigenvalue weighted by molar-refractivity contribution is 7.89. The zero-order valence-corrected chi connectivity index (χ0v) is 12.3. The van der Waals surface area contributed by atoms with Gasteiger partial charge < -0.3 is 4.90 Å². The molecule has 2 aliphatic heterocycles. The van der Waals surface area contributed by atoms with E-state index >= 15 is 0 Å². The fraction of sp³-hybridized carbons (Fsp3) is 1.00. The molecule has 4 nitrogen and oxygen atoms in total. The second kappa shape index (κ2) is 6.35. The molecule has 0 aliphatic carbocycles. The number of piperidine rings is 2. The molecular formula is C13H26N2O2S. The van der Waals surface area contributed by atoms with Crippen LogP contribution in [0.25, 0.3) is 0 Å². The van der Waals surface area contributed by atoms with Crippen molar-refractivity contribution in [3.05, 3.63) is 0 Å². The lowest BCUT2D eigenvalue weighted by molar-refractivity contribution is 0.201. The van der Waals surface area contributed by atoms with Crippen LogP contribution in [0.1, 0.15) is 39.0 Å². The Morgan fingerprint density at radius 1 is 1.00 bits per heavy atom. The third kappa shape index (κ3) is 3.93. The van der Waals surface area contributed by atoms with Gasteiger partial charge in [-0.2, -0.15) is 0 Å². The standard InChI is InChI=1S/C13H26N2O2S/c1-13-5-9-14(10-6-13)11-12-18(16,17)15-7-3-2-4-8-15/h13H,2-12H2,1H3. The van der Waals surface area contributed by atoms with Crippen LogP contribution in [0.4, 0.5) is 0 Å². The van der Waals surface area contributed by atoms with Crippen molar-refractivity contribution in [1.82, 2.24) is 9.21 Å². The topological polar surface area (TPSA) is 40.6 Å². The largest absolute Gasteiger partial charge is 0.302 e. The van der Waals surface area contributed by atoms with Crippen LogP contribution >= 0.6 is 0 Å². The van der Waals surface area contributed by atoms with Crippen molar-refractivity contribution in [3.63, 3.8) is 0 Å². The van der Waals surface area contributed by atoms with Crippen LogP contribution in [-0.2, 0) is 10.0 Å². The molecule has 0 amide bonds. The predicted molar refractivity (Wildman–Crippen MR) is 74.0 cm³/mol. The maximum absolute atomic E-state index is 12.2. The number of hydrogen-bond donors (Lipinski definition) is 0. The van der Waals surface area contributed by atoms with E-state index in [4.69, 9.17) is 0 Å². The molecule has 0 aromatic heterocycles. The van der Waals surface area contributed by atoms with E-state index in [1.165, 1.54) is 19.3 Å². The van der Waals surface area contributed by atoms with Crippen molar-refractivity contribution >= 4 is 10.0 Å². The van der Waals surface area contributed by atoms with Gasteiger partial charge in [-0.3, -0.25) is 0 Å². The van der Waals surface area contributed by atoms with E-state index in [9.17, 15) is 8.42 Å². The van der Waals surface area contributed by atoms with E-state index in [2.05, 4.69) is 11.8 Å². The van der Waals surface area contributed by atoms with Crippen molar-refractivity contribution in [2.24, 2.45) is 5.92 Å². The summed E-state index contributed by atoms with van der Waals surface area (Å²) in [6, 6.07) is 0. The highest BCUT2D eigenvalue weighted by Crippen LogP contribution is 2.17. The Kier molecular flexibility index (Phi) is 5.04. The van der Waals surface area contributed by atoms with Crippen molar-refractivity contribution < 1.29 is 8.42 Å². The lowest BCUT2D eigenvalue weighted by Gasteiger charge is -2.31. The summed E-state index contributed by atoms with van der Waals surface area (Å²) >= 11 is 0. The van der Waals surface area contributed by atoms with Crippen LogP contribution in [0.2, 0.25) is 0 Å². The van der Waals surface area contributed by atoms with Crippen molar-refractivity contribution in [2.75, 3.05) is 38.5 Å². The summed E-state index contributed by atoms with van der Waals surface area (Å²) in [6.45, 7) is 6.60. The van der Waals surface area contributed by atoms with E-state index in [0.29, 0.717) is 12.3 Å². The third-order valence-electron chi connectivity index (χ3n) is 4.25. The van der Waals surface area contributed by atoms with E-state index < -0.39 is 10.0 Å². The molecule has 2 heterocycles. The first-order valence-corrected chi connectivity index (χ1v) is 8.89. The summed E-state index contributed by atoms with van der Waals surface area (Å²) in [7, 11) is -3.00. The third-order valence-corrected chi connectivity index (χ3v) is 6.10. The summed E-state index contributed by atoms with van der Waals surface area (Å²) in [4.78, 5) is 2.31. The van der Waals surface area contributed by atoms with Gasteiger partial charge in [0.2, 0.25) is 10.0 Å². The average Bonchev–Trinajstić information content (AvgIpc) is 2.39. The summed E-state index contributed by atoms with van der Waals surface area (Å²) < 4.78 is 26.1. The highest BCUT2D eigenvalue weighted by atomic mass is 32.2. The van der Waals surface area contributed by atoms with Crippen molar-refractivity contribution in [2.45, 2.75) is 39.0 Å². The Labute approximate surface area is 111 Å². The SMILES string of the molecule is CC1CCN(CCS(=O)(=O)N2CCCCC2)CC1. The maximum Gasteiger partial charge on any atom is 0.215 e. The van der Waals surface area contributed by atoms with Gasteiger partial charge in [-0.25, -0.2) is 12.7 Å². The van der Waals surface area contributed by atoms with Gasteiger partial charge in [0.25, 0.3) is 0 Å². The fourth-order valence-electron chi connectivity index (χ4n) is 2.80. The van der Waals surface area contributed by atoms with Crippen LogP contribution in [0.3, 0.4) is 0 Å². The molecule has 0 saturated carbocycles. The number of sulfonamides is 1. The number of hydrogen-bond acceptors (Lipinski definition) is 3. The van der Waals surface area contributed by atoms with E-state index in [1.54, 1.807) is 4.31 Å². The lowest BCUT2D eigenvalue weighted by atomic mass is 9.99. The van der Waals surface area contributed by atoms with Gasteiger partial charge in [0.05, 0.1) is 5.75 Å². The summed E-state index contributed by atoms with van der Waals surface area (Å²) in [5, 5.41) is 0. The molecule has 0 spiro atoms. The normalized spacial score (nSPS) is 25.4. The smallest absolute Gasteiger partial charge is 0.215 e. The first kappa shape index (κ1) is 14.3. The summed E-state index contributed by atoms with van der Waals surface area (Å²) in [6.07, 6.45) is 5.66. The maximum atomic E-state index is 12.2. The molecule has 0 aromatic carbocycles. The van der Waals surface area contributed by atoms with Crippen LogP contribution in [-0.4, -0.2) is 56.1 Å². The average molecular weight is 274 g/mol. The Morgan fingerprint density at radius 2 is 1.61 bits per heavy atom. The van der Waals surface area contributed by atoms with Gasteiger partial charge in [0.1, 0.15) is 0 Å². The second-order valence-corrected chi connectivity index (χ2v) is 7.89. The number of likely N-dealkylation sites (tertiary alicyclic amines) is 1. The van der Waals surface area contributed by atoms with E-state index in [0.717, 1.165) is 44.9 Å². The highest BCUT2D eigenvalue weighted by Gasteiger charge is 2.25. The quantitative estimate of drug-likeness (QED) is 0.780. The second-order valence-electron chi connectivity index (χ2n) is 5.80. The van der Waals surface area contributed by atoms with Gasteiger partial charge in [-0.1, -0.05) is 13.3 Å². The predicted octanol–water partition coefficient (Wildman–Crippen LogP) is 1.53. The van der Waals surface area contributed by atoms with E-state index in [-0.39, 0.29) is 0 Å². The van der Waals surface area contributed by atoms with E-state index in [1.807, 2.05) is 0 Å². The molecule has 2 rings (SSSR count). The molecular weight excluding hydrogens is 248 g/mol. The molecule has 106 valence electrons. The molecule has 0 unspecified atom stereocenters. The zero-order valence-electron chi connectivity index (χ0n) is 11.5. The van der Waals surface area contributed by atoms with Gasteiger partial charge in [-0.05, 0) is 44.7 Å². The lowest BCUT2D eigenvalue weighted by Crippen LogP contribution is -2.42. The minimum atomic E-state index is -3.00. The summed E-state index contributed by atoms with van der Waals surface area (Å²) in [5.41, 5.74) is 0. The minimum absolute atomic E-state index is 0.307. The fourth-order valence-corrected chi connectivity index (χ4v) is 4.36. The molecule has 0 N–H and O–H groups in total. The van der Waals surface area contributed by atoms with Gasteiger partial charge in [-0.15, -0.1) is 0 Å².